The maximum atomic E-state index is 13.2. The molecule has 0 saturated heterocycles. The Balaban J connectivity index is 1.51. The van der Waals surface area contributed by atoms with Crippen LogP contribution in [0.25, 0.3) is 10.9 Å². The van der Waals surface area contributed by atoms with Gasteiger partial charge in [0.1, 0.15) is 11.5 Å². The van der Waals surface area contributed by atoms with Gasteiger partial charge in [-0.3, -0.25) is 4.79 Å². The molecule has 2 aromatic heterocycles. The Morgan fingerprint density at radius 1 is 1.43 bits per heavy atom. The lowest BCUT2D eigenvalue weighted by Gasteiger charge is -2.22. The molecule has 4 N–H and O–H groups in total. The molecule has 0 saturated carbocycles. The molecule has 0 unspecified atom stereocenters. The van der Waals surface area contributed by atoms with Gasteiger partial charge < -0.3 is 16.0 Å². The highest BCUT2D eigenvalue weighted by Gasteiger charge is 2.24. The van der Waals surface area contributed by atoms with Gasteiger partial charge in [0.25, 0.3) is 5.91 Å². The maximum Gasteiger partial charge on any atom is 0.267 e. The number of nitrogen functional groups attached to an aromatic ring is 1. The fourth-order valence-electron chi connectivity index (χ4n) is 3.01. The smallest absolute Gasteiger partial charge is 0.267 e. The van der Waals surface area contributed by atoms with E-state index in [1.54, 1.807) is 12.1 Å². The third kappa shape index (κ3) is 2.68. The molecule has 0 fully saturated rings. The van der Waals surface area contributed by atoms with E-state index in [2.05, 4.69) is 15.3 Å². The van der Waals surface area contributed by atoms with Crippen molar-refractivity contribution in [3.63, 3.8) is 0 Å². The third-order valence-corrected chi connectivity index (χ3v) is 5.07. The number of hydrogen-bond donors (Lipinski definition) is 3. The quantitative estimate of drug-likeness (QED) is 0.675. The Morgan fingerprint density at radius 3 is 3.17 bits per heavy atom. The van der Waals surface area contributed by atoms with E-state index in [4.69, 9.17) is 5.73 Å². The Kier molecular flexibility index (Phi) is 3.30. The number of rotatable bonds is 2. The molecule has 3 aromatic rings. The number of carbonyl (C=O) groups excluding carboxylic acids is 1. The minimum absolute atomic E-state index is 0.0676. The minimum atomic E-state index is -0.314. The van der Waals surface area contributed by atoms with Gasteiger partial charge in [-0.15, -0.1) is 11.3 Å². The number of aromatic nitrogens is 2. The molecule has 1 atom stereocenters. The van der Waals surface area contributed by atoms with Gasteiger partial charge in [0.05, 0.1) is 5.69 Å². The second-order valence-corrected chi connectivity index (χ2v) is 6.86. The summed E-state index contributed by atoms with van der Waals surface area (Å²) in [6.07, 6.45) is 2.42. The van der Waals surface area contributed by atoms with Crippen molar-refractivity contribution in [1.29, 1.82) is 0 Å². The van der Waals surface area contributed by atoms with Crippen LogP contribution >= 0.6 is 11.3 Å². The van der Waals surface area contributed by atoms with E-state index in [-0.39, 0.29) is 17.8 Å². The van der Waals surface area contributed by atoms with E-state index < -0.39 is 0 Å². The first-order chi connectivity index (χ1) is 11.1. The Labute approximate surface area is 135 Å². The molecule has 0 aliphatic heterocycles. The fourth-order valence-corrected chi connectivity index (χ4v) is 3.97. The Bertz CT molecular complexity index is 901. The Morgan fingerprint density at radius 2 is 2.30 bits per heavy atom. The van der Waals surface area contributed by atoms with Crippen LogP contribution < -0.4 is 11.1 Å². The van der Waals surface area contributed by atoms with E-state index in [0.29, 0.717) is 16.2 Å². The average Bonchev–Trinajstić information content (AvgIpc) is 3.08. The van der Waals surface area contributed by atoms with Crippen LogP contribution in [0.15, 0.2) is 24.3 Å². The summed E-state index contributed by atoms with van der Waals surface area (Å²) >= 11 is 1.49. The molecule has 1 aliphatic rings. The lowest BCUT2D eigenvalue weighted by atomic mass is 9.97. The first-order valence-electron chi connectivity index (χ1n) is 7.41. The minimum Gasteiger partial charge on any atom is -0.375 e. The van der Waals surface area contributed by atoms with Gasteiger partial charge in [0, 0.05) is 28.2 Å². The molecule has 1 amide bonds. The predicted molar refractivity (Wildman–Crippen MR) is 88.1 cm³/mol. The molecule has 0 radical (unpaired) electrons. The zero-order valence-electron chi connectivity index (χ0n) is 12.2. The number of carbonyl (C=O) groups is 1. The molecule has 1 aromatic carbocycles. The highest BCUT2D eigenvalue weighted by Crippen LogP contribution is 2.28. The highest BCUT2D eigenvalue weighted by molar-refractivity contribution is 7.15. The summed E-state index contributed by atoms with van der Waals surface area (Å²) in [5.41, 5.74) is 7.98. The molecule has 23 heavy (non-hydrogen) atoms. The van der Waals surface area contributed by atoms with Crippen LogP contribution in [-0.2, 0) is 12.8 Å². The van der Waals surface area contributed by atoms with Crippen molar-refractivity contribution in [1.82, 2.24) is 15.3 Å². The second kappa shape index (κ2) is 5.34. The van der Waals surface area contributed by atoms with Crippen molar-refractivity contribution in [2.24, 2.45) is 0 Å². The SMILES string of the molecule is Nc1nc2c(s1)C[C@@H](NC(=O)c1cc3cc(F)ccc3[nH]1)CC2. The summed E-state index contributed by atoms with van der Waals surface area (Å²) in [4.78, 5) is 20.9. The van der Waals surface area contributed by atoms with Gasteiger partial charge in [-0.1, -0.05) is 0 Å². The van der Waals surface area contributed by atoms with Gasteiger partial charge in [-0.2, -0.15) is 0 Å². The van der Waals surface area contributed by atoms with Crippen LogP contribution in [0.3, 0.4) is 0 Å². The predicted octanol–water partition coefficient (Wildman–Crippen LogP) is 2.63. The lowest BCUT2D eigenvalue weighted by Crippen LogP contribution is -2.38. The van der Waals surface area contributed by atoms with Crippen LogP contribution in [-0.4, -0.2) is 21.9 Å². The van der Waals surface area contributed by atoms with E-state index >= 15 is 0 Å². The number of nitrogens with one attached hydrogen (secondary N) is 2. The van der Waals surface area contributed by atoms with Gasteiger partial charge in [0.15, 0.2) is 5.13 Å². The van der Waals surface area contributed by atoms with E-state index in [1.165, 1.54) is 23.5 Å². The third-order valence-electron chi connectivity index (χ3n) is 4.12. The summed E-state index contributed by atoms with van der Waals surface area (Å²) in [7, 11) is 0. The fraction of sp³-hybridized carbons (Fsp3) is 0.250. The number of H-pyrrole nitrogens is 1. The van der Waals surface area contributed by atoms with Crippen LogP contribution in [0.4, 0.5) is 9.52 Å². The molecular weight excluding hydrogens is 315 g/mol. The number of anilines is 1. The largest absolute Gasteiger partial charge is 0.375 e. The number of nitrogens with two attached hydrogens (primary N) is 1. The molecule has 4 rings (SSSR count). The maximum absolute atomic E-state index is 13.2. The number of hydrogen-bond acceptors (Lipinski definition) is 4. The Hall–Kier alpha value is -2.41. The summed E-state index contributed by atoms with van der Waals surface area (Å²) in [5.74, 6) is -0.487. The topological polar surface area (TPSA) is 83.8 Å². The number of nitrogens with zero attached hydrogens (tertiary/aromatic N) is 1. The number of benzene rings is 1. The average molecular weight is 330 g/mol. The normalized spacial score (nSPS) is 17.2. The number of amides is 1. The molecule has 1 aliphatic carbocycles. The first-order valence-corrected chi connectivity index (χ1v) is 8.23. The number of aryl methyl sites for hydroxylation is 1. The molecule has 118 valence electrons. The van der Waals surface area contributed by atoms with Gasteiger partial charge in [-0.05, 0) is 37.1 Å². The zero-order chi connectivity index (χ0) is 16.0. The summed E-state index contributed by atoms with van der Waals surface area (Å²) in [6, 6.07) is 6.16. The number of aromatic amines is 1. The summed E-state index contributed by atoms with van der Waals surface area (Å²) in [5, 5.41) is 4.31. The molecule has 2 heterocycles. The van der Waals surface area contributed by atoms with Crippen molar-refractivity contribution >= 4 is 33.3 Å². The monoisotopic (exact) mass is 330 g/mol. The highest BCUT2D eigenvalue weighted by atomic mass is 32.1. The van der Waals surface area contributed by atoms with Gasteiger partial charge in [0.2, 0.25) is 0 Å². The zero-order valence-corrected chi connectivity index (χ0v) is 13.0. The molecule has 7 heteroatoms. The molecule has 0 spiro atoms. The van der Waals surface area contributed by atoms with Crippen LogP contribution in [0, 0.1) is 5.82 Å². The summed E-state index contributed by atoms with van der Waals surface area (Å²) in [6.45, 7) is 0. The van der Waals surface area contributed by atoms with E-state index in [0.717, 1.165) is 35.4 Å². The van der Waals surface area contributed by atoms with Gasteiger partial charge >= 0.3 is 0 Å². The van der Waals surface area contributed by atoms with Crippen molar-refractivity contribution in [3.05, 3.63) is 46.3 Å². The second-order valence-electron chi connectivity index (χ2n) is 5.75. The van der Waals surface area contributed by atoms with Gasteiger partial charge in [-0.25, -0.2) is 9.37 Å². The van der Waals surface area contributed by atoms with Crippen LogP contribution in [0.1, 0.15) is 27.5 Å². The molecular formula is C16H15FN4OS. The van der Waals surface area contributed by atoms with Crippen LogP contribution in [0.5, 0.6) is 0 Å². The molecule has 0 bridgehead atoms. The lowest BCUT2D eigenvalue weighted by molar-refractivity contribution is 0.0929. The standard InChI is InChI=1S/C16H15FN4OS/c17-9-1-3-11-8(5-9)6-13(20-11)15(22)19-10-2-4-12-14(7-10)23-16(18)21-12/h1,3,5-6,10,20H,2,4,7H2,(H2,18,21)(H,19,22)/t10-/m0/s1. The van der Waals surface area contributed by atoms with Crippen molar-refractivity contribution in [2.75, 3.05) is 5.73 Å². The number of thiazole rings is 1. The molecule has 5 nitrogen and oxygen atoms in total. The van der Waals surface area contributed by atoms with Crippen LogP contribution in [0.2, 0.25) is 0 Å². The number of halogens is 1. The van der Waals surface area contributed by atoms with E-state index in [9.17, 15) is 9.18 Å². The number of fused-ring (bicyclic) bond motifs is 2. The van der Waals surface area contributed by atoms with Crippen molar-refractivity contribution in [2.45, 2.75) is 25.3 Å². The van der Waals surface area contributed by atoms with E-state index in [1.807, 2.05) is 0 Å². The first kappa shape index (κ1) is 14.2. The summed E-state index contributed by atoms with van der Waals surface area (Å²) < 4.78 is 13.2. The van der Waals surface area contributed by atoms with Crippen molar-refractivity contribution < 1.29 is 9.18 Å². The van der Waals surface area contributed by atoms with Crippen molar-refractivity contribution in [3.8, 4) is 0 Å².